The number of hydrogen-bond acceptors (Lipinski definition) is 5. The molecule has 162 valence electrons. The van der Waals surface area contributed by atoms with E-state index in [1.165, 1.54) is 6.42 Å². The van der Waals surface area contributed by atoms with Gasteiger partial charge < -0.3 is 19.9 Å². The summed E-state index contributed by atoms with van der Waals surface area (Å²) in [4.78, 5) is 9.23. The van der Waals surface area contributed by atoms with Crippen molar-refractivity contribution in [2.24, 2.45) is 16.3 Å². The first-order valence-electron chi connectivity index (χ1n) is 10.3. The molecule has 0 spiro atoms. The Morgan fingerprint density at radius 1 is 1.29 bits per heavy atom. The first-order chi connectivity index (χ1) is 12.8. The van der Waals surface area contributed by atoms with Crippen LogP contribution in [0.25, 0.3) is 0 Å². The molecular weight excluding hydrogens is 469 g/mol. The standard InChI is InChI=1S/C20H37N5O2.HI/c1-7-21-19(22-11-10-16-24-18(14(2)3)25-27-16)23-13-15-9-8-12-26-17(15)20(4,5)6;/h14-15,17H,7-13H2,1-6H3,(H2,21,22,23);1H. The van der Waals surface area contributed by atoms with Crippen LogP contribution < -0.4 is 10.6 Å². The van der Waals surface area contributed by atoms with E-state index in [2.05, 4.69) is 62.3 Å². The minimum Gasteiger partial charge on any atom is -0.377 e. The Labute approximate surface area is 186 Å². The molecule has 2 unspecified atom stereocenters. The van der Waals surface area contributed by atoms with Gasteiger partial charge in [-0.3, -0.25) is 4.99 Å². The first kappa shape index (κ1) is 25.1. The molecule has 1 saturated heterocycles. The average molecular weight is 507 g/mol. The second-order valence-electron chi connectivity index (χ2n) is 8.66. The van der Waals surface area contributed by atoms with Crippen LogP contribution in [-0.2, 0) is 11.2 Å². The third kappa shape index (κ3) is 7.85. The number of ether oxygens (including phenoxy) is 1. The Morgan fingerprint density at radius 2 is 2.04 bits per heavy atom. The summed E-state index contributed by atoms with van der Waals surface area (Å²) in [5.41, 5.74) is 0.137. The largest absolute Gasteiger partial charge is 0.377 e. The fourth-order valence-electron chi connectivity index (χ4n) is 3.43. The topological polar surface area (TPSA) is 84.6 Å². The van der Waals surface area contributed by atoms with Crippen molar-refractivity contribution in [3.05, 3.63) is 11.7 Å². The van der Waals surface area contributed by atoms with Crippen LogP contribution in [0.5, 0.6) is 0 Å². The normalized spacial score (nSPS) is 20.8. The van der Waals surface area contributed by atoms with Gasteiger partial charge in [-0.25, -0.2) is 0 Å². The van der Waals surface area contributed by atoms with Crippen LogP contribution >= 0.6 is 24.0 Å². The Hall–Kier alpha value is -0.900. The Bertz CT molecular complexity index is 598. The molecule has 7 nitrogen and oxygen atoms in total. The molecule has 8 heteroatoms. The number of guanidine groups is 1. The van der Waals surface area contributed by atoms with Gasteiger partial charge in [-0.15, -0.1) is 24.0 Å². The number of nitrogens with one attached hydrogen (secondary N) is 2. The minimum absolute atomic E-state index is 0. The zero-order chi connectivity index (χ0) is 19.9. The Morgan fingerprint density at radius 3 is 2.64 bits per heavy atom. The average Bonchev–Trinajstić information content (AvgIpc) is 3.08. The molecule has 2 heterocycles. The Balaban J connectivity index is 0.00000392. The number of rotatable bonds is 7. The second kappa shape index (κ2) is 11.9. The van der Waals surface area contributed by atoms with Gasteiger partial charge in [0.15, 0.2) is 11.8 Å². The predicted molar refractivity (Wildman–Crippen MR) is 123 cm³/mol. The summed E-state index contributed by atoms with van der Waals surface area (Å²) in [5.74, 6) is 2.99. The van der Waals surface area contributed by atoms with E-state index in [0.717, 1.165) is 37.9 Å². The van der Waals surface area contributed by atoms with E-state index in [4.69, 9.17) is 14.3 Å². The molecule has 1 aliphatic heterocycles. The van der Waals surface area contributed by atoms with Gasteiger partial charge in [0.05, 0.1) is 6.10 Å². The van der Waals surface area contributed by atoms with E-state index in [1.807, 2.05) is 0 Å². The summed E-state index contributed by atoms with van der Waals surface area (Å²) in [7, 11) is 0. The number of hydrogen-bond donors (Lipinski definition) is 2. The van der Waals surface area contributed by atoms with Crippen molar-refractivity contribution in [1.82, 2.24) is 20.8 Å². The van der Waals surface area contributed by atoms with E-state index >= 15 is 0 Å². The number of aliphatic imine (C=N–C) groups is 1. The van der Waals surface area contributed by atoms with E-state index in [9.17, 15) is 0 Å². The Kier molecular flexibility index (Phi) is 10.7. The highest BCUT2D eigenvalue weighted by Crippen LogP contribution is 2.34. The lowest BCUT2D eigenvalue weighted by molar-refractivity contribution is -0.0823. The molecule has 0 aliphatic carbocycles. The maximum atomic E-state index is 6.07. The quantitative estimate of drug-likeness (QED) is 0.332. The second-order valence-corrected chi connectivity index (χ2v) is 8.66. The minimum atomic E-state index is 0. The van der Waals surface area contributed by atoms with Crippen molar-refractivity contribution in [2.75, 3.05) is 26.2 Å². The molecule has 0 saturated carbocycles. The lowest BCUT2D eigenvalue weighted by Crippen LogP contribution is -2.43. The van der Waals surface area contributed by atoms with Crippen molar-refractivity contribution in [3.8, 4) is 0 Å². The van der Waals surface area contributed by atoms with Crippen LogP contribution in [0.15, 0.2) is 9.52 Å². The van der Waals surface area contributed by atoms with Crippen molar-refractivity contribution >= 4 is 29.9 Å². The molecule has 2 N–H and O–H groups in total. The molecule has 2 atom stereocenters. The summed E-state index contributed by atoms with van der Waals surface area (Å²) >= 11 is 0. The van der Waals surface area contributed by atoms with Gasteiger partial charge in [0, 0.05) is 44.5 Å². The molecular formula is C20H38IN5O2. The van der Waals surface area contributed by atoms with Gasteiger partial charge in [-0.1, -0.05) is 39.8 Å². The molecule has 1 aromatic heterocycles. The zero-order valence-electron chi connectivity index (χ0n) is 18.2. The van der Waals surface area contributed by atoms with Gasteiger partial charge in [0.1, 0.15) is 0 Å². The molecule has 0 bridgehead atoms. The van der Waals surface area contributed by atoms with E-state index in [0.29, 0.717) is 24.8 Å². The van der Waals surface area contributed by atoms with Crippen molar-refractivity contribution in [1.29, 1.82) is 0 Å². The maximum absolute atomic E-state index is 6.07. The van der Waals surface area contributed by atoms with Crippen LogP contribution in [0.1, 0.15) is 72.0 Å². The van der Waals surface area contributed by atoms with Gasteiger partial charge in [0.25, 0.3) is 0 Å². The molecule has 1 aliphatic rings. The van der Waals surface area contributed by atoms with Gasteiger partial charge >= 0.3 is 0 Å². The SMILES string of the molecule is CCNC(=NCC1CCCOC1C(C)(C)C)NCCc1nc(C(C)C)no1.I. The van der Waals surface area contributed by atoms with Crippen molar-refractivity contribution < 1.29 is 9.26 Å². The fourth-order valence-corrected chi connectivity index (χ4v) is 3.43. The highest BCUT2D eigenvalue weighted by atomic mass is 127. The van der Waals surface area contributed by atoms with Crippen LogP contribution in [-0.4, -0.2) is 48.4 Å². The van der Waals surface area contributed by atoms with Crippen molar-refractivity contribution in [3.63, 3.8) is 0 Å². The summed E-state index contributed by atoms with van der Waals surface area (Å²) in [6.45, 7) is 16.1. The van der Waals surface area contributed by atoms with Crippen LogP contribution in [0.3, 0.4) is 0 Å². The summed E-state index contributed by atoms with van der Waals surface area (Å²) in [5, 5.41) is 10.7. The van der Waals surface area contributed by atoms with Gasteiger partial charge in [0.2, 0.25) is 5.89 Å². The molecule has 0 radical (unpaired) electrons. The highest BCUT2D eigenvalue weighted by Gasteiger charge is 2.35. The number of nitrogens with zero attached hydrogens (tertiary/aromatic N) is 3. The summed E-state index contributed by atoms with van der Waals surface area (Å²) < 4.78 is 11.4. The molecule has 28 heavy (non-hydrogen) atoms. The molecule has 1 aromatic rings. The summed E-state index contributed by atoms with van der Waals surface area (Å²) in [6.07, 6.45) is 3.23. The van der Waals surface area contributed by atoms with Crippen LogP contribution in [0.2, 0.25) is 0 Å². The number of halogens is 1. The predicted octanol–water partition coefficient (Wildman–Crippen LogP) is 3.75. The third-order valence-corrected chi connectivity index (χ3v) is 4.76. The van der Waals surface area contributed by atoms with Crippen LogP contribution in [0, 0.1) is 11.3 Å². The van der Waals surface area contributed by atoms with E-state index < -0.39 is 0 Å². The smallest absolute Gasteiger partial charge is 0.228 e. The van der Waals surface area contributed by atoms with Gasteiger partial charge in [-0.05, 0) is 25.2 Å². The number of aromatic nitrogens is 2. The monoisotopic (exact) mass is 507 g/mol. The fraction of sp³-hybridized carbons (Fsp3) is 0.850. The highest BCUT2D eigenvalue weighted by molar-refractivity contribution is 14.0. The zero-order valence-corrected chi connectivity index (χ0v) is 20.6. The van der Waals surface area contributed by atoms with Crippen LogP contribution in [0.4, 0.5) is 0 Å². The van der Waals surface area contributed by atoms with E-state index in [1.54, 1.807) is 0 Å². The summed E-state index contributed by atoms with van der Waals surface area (Å²) in [6, 6.07) is 0. The maximum Gasteiger partial charge on any atom is 0.228 e. The molecule has 2 rings (SSSR count). The molecule has 0 amide bonds. The first-order valence-corrected chi connectivity index (χ1v) is 10.3. The lowest BCUT2D eigenvalue weighted by Gasteiger charge is -2.39. The van der Waals surface area contributed by atoms with Crippen molar-refractivity contribution in [2.45, 2.75) is 72.8 Å². The lowest BCUT2D eigenvalue weighted by atomic mass is 9.78. The van der Waals surface area contributed by atoms with Gasteiger partial charge in [-0.2, -0.15) is 4.98 Å². The molecule has 0 aromatic carbocycles. The third-order valence-electron chi connectivity index (χ3n) is 4.76. The molecule has 1 fully saturated rings. The van der Waals surface area contributed by atoms with E-state index in [-0.39, 0.29) is 41.4 Å².